The maximum absolute atomic E-state index is 13.5. The molecule has 2 heterocycles. The molecule has 4 nitrogen and oxygen atoms in total. The average Bonchev–Trinajstić information content (AvgIpc) is 3.14. The first-order valence-corrected chi connectivity index (χ1v) is 11.4. The number of hydrogen-bond donors (Lipinski definition) is 0. The van der Waals surface area contributed by atoms with Gasteiger partial charge in [-0.15, -0.1) is 0 Å². The van der Waals surface area contributed by atoms with E-state index >= 15 is 0 Å². The van der Waals surface area contributed by atoms with E-state index in [-0.39, 0.29) is 23.8 Å². The fourth-order valence-electron chi connectivity index (χ4n) is 6.03. The Hall–Kier alpha value is -1.84. The number of hydrogen-bond acceptors (Lipinski definition) is 2. The van der Waals surface area contributed by atoms with E-state index in [1.807, 2.05) is 11.0 Å². The molecule has 0 N–H and O–H groups in total. The van der Waals surface area contributed by atoms with E-state index in [1.165, 1.54) is 24.8 Å². The number of amides is 2. The standard InChI is InChI=1S/C24H32N2O2/c27-23(20-15-19(20)14-17-8-2-1-3-9-17)26-21-11-5-4-10-18(21)16-22(26)24(28)25-12-6-7-13-25/h1-3,8-9,18-22H,4-7,10-16H2/t18-,19-,20-,21-,22-/m0/s1. The van der Waals surface area contributed by atoms with Gasteiger partial charge in [0.1, 0.15) is 6.04 Å². The number of nitrogens with zero attached hydrogens (tertiary/aromatic N) is 2. The molecule has 0 radical (unpaired) electrons. The second kappa shape index (κ2) is 7.53. The molecule has 2 saturated carbocycles. The number of rotatable bonds is 4. The van der Waals surface area contributed by atoms with Crippen molar-refractivity contribution in [1.82, 2.24) is 9.80 Å². The largest absolute Gasteiger partial charge is 0.341 e. The molecule has 2 saturated heterocycles. The second-order valence-electron chi connectivity index (χ2n) is 9.43. The zero-order valence-electron chi connectivity index (χ0n) is 16.8. The minimum atomic E-state index is -0.184. The van der Waals surface area contributed by atoms with Crippen LogP contribution in [0.5, 0.6) is 0 Å². The van der Waals surface area contributed by atoms with Crippen molar-refractivity contribution < 1.29 is 9.59 Å². The molecule has 1 aromatic rings. The smallest absolute Gasteiger partial charge is 0.245 e. The fraction of sp³-hybridized carbons (Fsp3) is 0.667. The zero-order valence-corrected chi connectivity index (χ0v) is 16.8. The van der Waals surface area contributed by atoms with Crippen molar-refractivity contribution in [2.45, 2.75) is 69.9 Å². The molecular weight excluding hydrogens is 348 g/mol. The zero-order chi connectivity index (χ0) is 19.1. The summed E-state index contributed by atoms with van der Waals surface area (Å²) in [6.45, 7) is 1.76. The van der Waals surface area contributed by atoms with Gasteiger partial charge in [0.05, 0.1) is 0 Å². The number of carbonyl (C=O) groups is 2. The molecule has 0 bridgehead atoms. The van der Waals surface area contributed by atoms with Crippen LogP contribution in [0.1, 0.15) is 56.9 Å². The summed E-state index contributed by atoms with van der Waals surface area (Å²) in [5, 5.41) is 0. The predicted octanol–water partition coefficient (Wildman–Crippen LogP) is 3.65. The third-order valence-electron chi connectivity index (χ3n) is 7.63. The fourth-order valence-corrected chi connectivity index (χ4v) is 6.03. The van der Waals surface area contributed by atoms with Crippen molar-refractivity contribution in [3.8, 4) is 0 Å². The quantitative estimate of drug-likeness (QED) is 0.800. The maximum atomic E-state index is 13.5. The van der Waals surface area contributed by atoms with Gasteiger partial charge in [-0.1, -0.05) is 43.2 Å². The monoisotopic (exact) mass is 380 g/mol. The van der Waals surface area contributed by atoms with Gasteiger partial charge in [-0.2, -0.15) is 0 Å². The Morgan fingerprint density at radius 3 is 2.43 bits per heavy atom. The Balaban J connectivity index is 1.31. The SMILES string of the molecule is O=C([C@@H]1C[C@@H]2CCCC[C@@H]2N1C(=O)[C@H]1C[C@@H]1Cc1ccccc1)N1CCCC1. The Morgan fingerprint density at radius 1 is 0.893 bits per heavy atom. The van der Waals surface area contributed by atoms with Crippen molar-refractivity contribution in [2.24, 2.45) is 17.8 Å². The lowest BCUT2D eigenvalue weighted by molar-refractivity contribution is -0.146. The van der Waals surface area contributed by atoms with Crippen LogP contribution in [0, 0.1) is 17.8 Å². The normalized spacial score (nSPS) is 34.4. The van der Waals surface area contributed by atoms with Crippen molar-refractivity contribution in [3.63, 3.8) is 0 Å². The summed E-state index contributed by atoms with van der Waals surface area (Å²) in [4.78, 5) is 30.9. The minimum absolute atomic E-state index is 0.134. The third kappa shape index (κ3) is 3.35. The summed E-state index contributed by atoms with van der Waals surface area (Å²) >= 11 is 0. The van der Waals surface area contributed by atoms with Gasteiger partial charge in [-0.25, -0.2) is 0 Å². The highest BCUT2D eigenvalue weighted by Crippen LogP contribution is 2.47. The first kappa shape index (κ1) is 18.2. The summed E-state index contributed by atoms with van der Waals surface area (Å²) in [6, 6.07) is 10.6. The molecule has 2 amide bonds. The predicted molar refractivity (Wildman–Crippen MR) is 109 cm³/mol. The molecule has 0 aromatic heterocycles. The second-order valence-corrected chi connectivity index (χ2v) is 9.43. The molecule has 28 heavy (non-hydrogen) atoms. The van der Waals surface area contributed by atoms with E-state index in [4.69, 9.17) is 0 Å². The van der Waals surface area contributed by atoms with Crippen LogP contribution in [0.3, 0.4) is 0 Å². The number of carbonyl (C=O) groups excluding carboxylic acids is 2. The van der Waals surface area contributed by atoms with Gasteiger partial charge in [0.25, 0.3) is 0 Å². The van der Waals surface area contributed by atoms with Crippen LogP contribution in [0.15, 0.2) is 30.3 Å². The van der Waals surface area contributed by atoms with Gasteiger partial charge in [0.15, 0.2) is 0 Å². The Bertz CT molecular complexity index is 727. The van der Waals surface area contributed by atoms with Gasteiger partial charge < -0.3 is 9.80 Å². The number of fused-ring (bicyclic) bond motifs is 1. The summed E-state index contributed by atoms with van der Waals surface area (Å²) in [5.74, 6) is 1.66. The molecule has 2 aliphatic heterocycles. The molecule has 4 fully saturated rings. The highest BCUT2D eigenvalue weighted by Gasteiger charge is 2.53. The lowest BCUT2D eigenvalue weighted by atomic mass is 9.84. The third-order valence-corrected chi connectivity index (χ3v) is 7.63. The highest BCUT2D eigenvalue weighted by atomic mass is 16.2. The summed E-state index contributed by atoms with van der Waals surface area (Å²) in [6.07, 6.45) is 9.86. The summed E-state index contributed by atoms with van der Waals surface area (Å²) < 4.78 is 0. The van der Waals surface area contributed by atoms with E-state index in [0.29, 0.717) is 17.9 Å². The van der Waals surface area contributed by atoms with Crippen LogP contribution in [-0.2, 0) is 16.0 Å². The van der Waals surface area contributed by atoms with E-state index in [1.54, 1.807) is 0 Å². The van der Waals surface area contributed by atoms with Crippen LogP contribution < -0.4 is 0 Å². The van der Waals surface area contributed by atoms with E-state index in [2.05, 4.69) is 29.2 Å². The summed E-state index contributed by atoms with van der Waals surface area (Å²) in [7, 11) is 0. The molecular formula is C24H32N2O2. The Labute approximate surface area is 168 Å². The van der Waals surface area contributed by atoms with Gasteiger partial charge in [-0.3, -0.25) is 9.59 Å². The molecule has 1 aromatic carbocycles. The van der Waals surface area contributed by atoms with Gasteiger partial charge in [0.2, 0.25) is 11.8 Å². The first-order chi connectivity index (χ1) is 13.7. The average molecular weight is 381 g/mol. The number of likely N-dealkylation sites (tertiary alicyclic amines) is 2. The van der Waals surface area contributed by atoms with Crippen LogP contribution >= 0.6 is 0 Å². The topological polar surface area (TPSA) is 40.6 Å². The summed E-state index contributed by atoms with van der Waals surface area (Å²) in [5.41, 5.74) is 1.32. The molecule has 5 atom stereocenters. The number of benzene rings is 1. The maximum Gasteiger partial charge on any atom is 0.245 e. The lowest BCUT2D eigenvalue weighted by Gasteiger charge is -2.35. The lowest BCUT2D eigenvalue weighted by Crippen LogP contribution is -2.50. The minimum Gasteiger partial charge on any atom is -0.341 e. The molecule has 4 aliphatic rings. The highest BCUT2D eigenvalue weighted by molar-refractivity contribution is 5.91. The molecule has 5 rings (SSSR count). The van der Waals surface area contributed by atoms with Crippen molar-refractivity contribution in [2.75, 3.05) is 13.1 Å². The van der Waals surface area contributed by atoms with Crippen LogP contribution in [0.4, 0.5) is 0 Å². The first-order valence-electron chi connectivity index (χ1n) is 11.4. The van der Waals surface area contributed by atoms with Gasteiger partial charge >= 0.3 is 0 Å². The molecule has 2 aliphatic carbocycles. The molecule has 150 valence electrons. The van der Waals surface area contributed by atoms with Crippen LogP contribution in [0.25, 0.3) is 0 Å². The van der Waals surface area contributed by atoms with Gasteiger partial charge in [0, 0.05) is 25.0 Å². The Morgan fingerprint density at radius 2 is 1.64 bits per heavy atom. The van der Waals surface area contributed by atoms with Crippen molar-refractivity contribution in [1.29, 1.82) is 0 Å². The molecule has 0 spiro atoms. The van der Waals surface area contributed by atoms with E-state index in [0.717, 1.165) is 51.6 Å². The van der Waals surface area contributed by atoms with Crippen molar-refractivity contribution in [3.05, 3.63) is 35.9 Å². The Kier molecular flexibility index (Phi) is 4.90. The molecule has 0 unspecified atom stereocenters. The van der Waals surface area contributed by atoms with E-state index < -0.39 is 0 Å². The van der Waals surface area contributed by atoms with Crippen molar-refractivity contribution >= 4 is 11.8 Å². The van der Waals surface area contributed by atoms with E-state index in [9.17, 15) is 9.59 Å². The van der Waals surface area contributed by atoms with Gasteiger partial charge in [-0.05, 0) is 62.3 Å². The molecule has 4 heteroatoms. The van der Waals surface area contributed by atoms with Crippen LogP contribution in [0.2, 0.25) is 0 Å². The van der Waals surface area contributed by atoms with Crippen LogP contribution in [-0.4, -0.2) is 46.8 Å².